The van der Waals surface area contributed by atoms with Gasteiger partial charge < -0.3 is 9.13 Å². The maximum Gasteiger partial charge on any atom is 0.101 e. The van der Waals surface area contributed by atoms with Crippen LogP contribution in [-0.4, -0.2) is 35.2 Å². The Morgan fingerprint density at radius 2 is 0.592 bits per heavy atom. The Morgan fingerprint density at radius 3 is 0.829 bits per heavy atom. The van der Waals surface area contributed by atoms with Crippen molar-refractivity contribution in [2.24, 2.45) is 0 Å². The molecule has 76 heavy (non-hydrogen) atoms. The van der Waals surface area contributed by atoms with Crippen LogP contribution in [0, 0.1) is 0 Å². The summed E-state index contributed by atoms with van der Waals surface area (Å²) in [4.78, 5) is 10.6. The fraction of sp³-hybridized carbons (Fsp3) is 0.314. The number of pyridine rings is 2. The quantitative estimate of drug-likeness (QED) is 0.123. The maximum absolute atomic E-state index is 5.28. The van der Waals surface area contributed by atoms with Gasteiger partial charge in [0, 0.05) is 67.1 Å². The second kappa shape index (κ2) is 17.5. The third-order valence-electron chi connectivity index (χ3n) is 16.2. The zero-order valence-corrected chi connectivity index (χ0v) is 50.6. The summed E-state index contributed by atoms with van der Waals surface area (Å²) in [6, 6.07) is 52.3. The Labute approximate surface area is 454 Å². The lowest BCUT2D eigenvalue weighted by Gasteiger charge is -2.22. The van der Waals surface area contributed by atoms with Gasteiger partial charge in [0.05, 0.1) is 22.1 Å². The summed E-state index contributed by atoms with van der Waals surface area (Å²) in [7, 11) is -3.40. The van der Waals surface area contributed by atoms with E-state index < -0.39 is 16.1 Å². The number of nitrogens with zero attached hydrogens (tertiary/aromatic N) is 4. The van der Waals surface area contributed by atoms with Crippen LogP contribution in [0.4, 0.5) is 0 Å². The molecule has 4 nitrogen and oxygen atoms in total. The Balaban J connectivity index is 1.26. The van der Waals surface area contributed by atoms with Gasteiger partial charge >= 0.3 is 0 Å². The molecule has 0 spiro atoms. The van der Waals surface area contributed by atoms with Crippen molar-refractivity contribution >= 4 is 91.9 Å². The lowest BCUT2D eigenvalue weighted by molar-refractivity contribution is 0.590. The van der Waals surface area contributed by atoms with Crippen molar-refractivity contribution in [2.45, 2.75) is 144 Å². The fourth-order valence-electron chi connectivity index (χ4n) is 11.5. The molecule has 0 aliphatic carbocycles. The van der Waals surface area contributed by atoms with E-state index in [-0.39, 0.29) is 21.7 Å². The predicted octanol–water partition coefficient (Wildman–Crippen LogP) is 18.6. The molecule has 7 aromatic carbocycles. The van der Waals surface area contributed by atoms with Crippen molar-refractivity contribution in [1.82, 2.24) is 19.1 Å². The highest BCUT2D eigenvalue weighted by atomic mass is 28.3. The van der Waals surface area contributed by atoms with E-state index in [0.717, 1.165) is 22.5 Å². The van der Waals surface area contributed by atoms with Gasteiger partial charge in [-0.3, -0.25) is 9.97 Å². The fourth-order valence-corrected chi connectivity index (χ4v) is 13.6. The topological polar surface area (TPSA) is 35.6 Å². The number of rotatable bonds is 6. The van der Waals surface area contributed by atoms with Crippen molar-refractivity contribution in [3.05, 3.63) is 168 Å². The normalized spacial score (nSPS) is 13.4. The molecule has 0 atom stereocenters. The molecule has 4 aromatic heterocycles. The van der Waals surface area contributed by atoms with Crippen LogP contribution in [0.2, 0.25) is 39.3 Å². The highest BCUT2D eigenvalue weighted by Gasteiger charge is 2.27. The zero-order valence-electron chi connectivity index (χ0n) is 48.6. The summed E-state index contributed by atoms with van der Waals surface area (Å²) < 4.78 is 5.02. The van der Waals surface area contributed by atoms with Crippen LogP contribution in [0.25, 0.3) is 98.8 Å². The highest BCUT2D eigenvalue weighted by Crippen LogP contribution is 2.47. The first-order valence-corrected chi connectivity index (χ1v) is 34.6. The van der Waals surface area contributed by atoms with Crippen LogP contribution in [-0.2, 0) is 21.7 Å². The van der Waals surface area contributed by atoms with Crippen LogP contribution in [0.1, 0.15) is 105 Å². The van der Waals surface area contributed by atoms with E-state index in [1.54, 1.807) is 0 Å². The minimum absolute atomic E-state index is 0.00768. The number of hydrogen-bond acceptors (Lipinski definition) is 2. The van der Waals surface area contributed by atoms with Gasteiger partial charge in [-0.05, 0) is 162 Å². The van der Waals surface area contributed by atoms with Gasteiger partial charge in [0.2, 0.25) is 0 Å². The smallest absolute Gasteiger partial charge is 0.101 e. The number of fused-ring (bicyclic) bond motifs is 8. The molecular formula is C70H78N4Si2. The third-order valence-corrected chi connectivity index (χ3v) is 19.9. The molecule has 0 saturated heterocycles. The molecule has 0 aliphatic rings. The molecule has 0 fully saturated rings. The average Bonchev–Trinajstić information content (AvgIpc) is 3.86. The van der Waals surface area contributed by atoms with Crippen molar-refractivity contribution < 1.29 is 0 Å². The average molecular weight is 1030 g/mol. The van der Waals surface area contributed by atoms with Crippen LogP contribution in [0.15, 0.2) is 146 Å². The van der Waals surface area contributed by atoms with Crippen molar-refractivity contribution in [3.63, 3.8) is 0 Å². The van der Waals surface area contributed by atoms with E-state index in [1.807, 2.05) is 0 Å². The molecule has 0 N–H and O–H groups in total. The van der Waals surface area contributed by atoms with E-state index in [2.05, 4.69) is 277 Å². The van der Waals surface area contributed by atoms with Crippen molar-refractivity contribution in [1.29, 1.82) is 0 Å². The zero-order chi connectivity index (χ0) is 54.4. The van der Waals surface area contributed by atoms with Gasteiger partial charge in [-0.2, -0.15) is 0 Å². The van der Waals surface area contributed by atoms with Crippen molar-refractivity contribution in [2.75, 3.05) is 0 Å². The number of benzene rings is 7. The molecule has 0 aliphatic heterocycles. The molecule has 0 saturated carbocycles. The monoisotopic (exact) mass is 1030 g/mol. The van der Waals surface area contributed by atoms with Crippen LogP contribution >= 0.6 is 0 Å². The van der Waals surface area contributed by atoms with Gasteiger partial charge in [0.15, 0.2) is 0 Å². The van der Waals surface area contributed by atoms with E-state index in [0.29, 0.717) is 0 Å². The highest BCUT2D eigenvalue weighted by molar-refractivity contribution is 6.88. The lowest BCUT2D eigenvalue weighted by atomic mass is 9.85. The maximum atomic E-state index is 5.28. The van der Waals surface area contributed by atoms with E-state index >= 15 is 0 Å². The molecule has 11 aromatic rings. The van der Waals surface area contributed by atoms with E-state index in [1.165, 1.54) is 109 Å². The van der Waals surface area contributed by atoms with Crippen molar-refractivity contribution in [3.8, 4) is 33.6 Å². The summed E-state index contributed by atoms with van der Waals surface area (Å²) in [5.41, 5.74) is 17.1. The molecule has 6 heteroatoms. The largest absolute Gasteiger partial charge is 0.309 e. The summed E-state index contributed by atoms with van der Waals surface area (Å²) in [5.74, 6) is 0. The molecule has 0 radical (unpaired) electrons. The standard InChI is InChI=1S/C70H78N4Si2/c1-67(2,3)45-21-29-59-53(35-45)54-36-46(68(4,5)6)22-30-60(54)73(59)49-25-27-51-57(39-49)65(43-19-33-63(71-41-43)75(13,14)15)52-28-26-50(40-58(52)66(51)44-20-34-64(72-42-44)76(16,17)18)74-61-31-23-47(69(7,8)9)37-55(61)56-38-48(70(10,11)12)24-32-62(56)74/h19-42H,1-18H3. The molecule has 0 bridgehead atoms. The Hall–Kier alpha value is -6.61. The second-order valence-electron chi connectivity index (χ2n) is 28.2. The lowest BCUT2D eigenvalue weighted by Crippen LogP contribution is -2.39. The SMILES string of the molecule is CC(C)(C)c1ccc2c(c1)c1cc(C(C)(C)C)ccc1n2-c1ccc2c(-c3ccc([Si](C)(C)C)nc3)c3cc(-n4c5ccc(C(C)(C)C)cc5c5cc(C(C)(C)C)ccc54)ccc3c(-c3ccc([Si](C)(C)C)nc3)c2c1. The third kappa shape index (κ3) is 8.83. The van der Waals surface area contributed by atoms with Crippen LogP contribution < -0.4 is 10.6 Å². The first-order valence-electron chi connectivity index (χ1n) is 27.6. The Kier molecular flexibility index (Phi) is 11.8. The molecule has 4 heterocycles. The minimum Gasteiger partial charge on any atom is -0.309 e. The number of aromatic nitrogens is 4. The Bertz CT molecular complexity index is 3710. The minimum atomic E-state index is -1.70. The first-order chi connectivity index (χ1) is 35.5. The Morgan fingerprint density at radius 1 is 0.303 bits per heavy atom. The summed E-state index contributed by atoms with van der Waals surface area (Å²) in [6.07, 6.45) is 4.31. The predicted molar refractivity (Wildman–Crippen MR) is 337 cm³/mol. The summed E-state index contributed by atoms with van der Waals surface area (Å²) in [6.45, 7) is 42.1. The van der Waals surface area contributed by atoms with Crippen LogP contribution in [0.5, 0.6) is 0 Å². The molecule has 11 rings (SSSR count). The first kappa shape index (κ1) is 51.5. The van der Waals surface area contributed by atoms with Crippen LogP contribution in [0.3, 0.4) is 0 Å². The molecule has 0 unspecified atom stereocenters. The molecule has 386 valence electrons. The van der Waals surface area contributed by atoms with Gasteiger partial charge in [-0.1, -0.05) is 171 Å². The van der Waals surface area contributed by atoms with Gasteiger partial charge in [0.1, 0.15) is 16.1 Å². The van der Waals surface area contributed by atoms with E-state index in [9.17, 15) is 0 Å². The van der Waals surface area contributed by atoms with Gasteiger partial charge in [0.25, 0.3) is 0 Å². The second-order valence-corrected chi connectivity index (χ2v) is 38.2. The van der Waals surface area contributed by atoms with Gasteiger partial charge in [-0.25, -0.2) is 0 Å². The number of hydrogen-bond donors (Lipinski definition) is 0. The van der Waals surface area contributed by atoms with E-state index in [4.69, 9.17) is 9.97 Å². The summed E-state index contributed by atoms with van der Waals surface area (Å²) >= 11 is 0. The molecule has 0 amide bonds. The van der Waals surface area contributed by atoms with Gasteiger partial charge in [-0.15, -0.1) is 0 Å². The molecular weight excluding hydrogens is 953 g/mol. The summed E-state index contributed by atoms with van der Waals surface area (Å²) in [5, 5.41) is 12.3.